The molecule has 0 amide bonds. The Kier molecular flexibility index (Phi) is 5.61. The zero-order valence-electron chi connectivity index (χ0n) is 14.0. The van der Waals surface area contributed by atoms with Gasteiger partial charge in [0.15, 0.2) is 0 Å². The molecule has 0 saturated heterocycles. The summed E-state index contributed by atoms with van der Waals surface area (Å²) in [4.78, 5) is 0. The van der Waals surface area contributed by atoms with Crippen molar-refractivity contribution in [1.29, 1.82) is 0 Å². The number of hydrogen-bond acceptors (Lipinski definition) is 3. The maximum Gasteiger partial charge on any atom is 0.143 e. The van der Waals surface area contributed by atoms with E-state index in [9.17, 15) is 10.2 Å². The standard InChI is InChI=1S/C22H22O3/c23-16-21(24)17-25-22(18-10-4-1-5-11-18,19-12-6-2-7-13-19)20-14-8-3-9-15-20/h1-15,21,23-24H,16-17H2/t21-/m1/s1. The van der Waals surface area contributed by atoms with Gasteiger partial charge in [-0.15, -0.1) is 0 Å². The second-order valence-corrected chi connectivity index (χ2v) is 5.93. The highest BCUT2D eigenvalue weighted by atomic mass is 16.5. The van der Waals surface area contributed by atoms with E-state index in [0.29, 0.717) is 0 Å². The van der Waals surface area contributed by atoms with E-state index in [1.165, 1.54) is 0 Å². The van der Waals surface area contributed by atoms with Crippen molar-refractivity contribution in [3.8, 4) is 0 Å². The van der Waals surface area contributed by atoms with Crippen molar-refractivity contribution in [3.05, 3.63) is 108 Å². The number of hydrogen-bond donors (Lipinski definition) is 2. The Morgan fingerprint density at radius 2 is 1.04 bits per heavy atom. The minimum atomic E-state index is -0.935. The molecular weight excluding hydrogens is 312 g/mol. The molecule has 0 saturated carbocycles. The van der Waals surface area contributed by atoms with Crippen LogP contribution in [0, 0.1) is 0 Å². The number of aliphatic hydroxyl groups is 2. The Balaban J connectivity index is 2.20. The molecule has 2 N–H and O–H groups in total. The van der Waals surface area contributed by atoms with E-state index in [4.69, 9.17) is 4.74 Å². The molecule has 0 radical (unpaired) electrons. The minimum Gasteiger partial charge on any atom is -0.394 e. The van der Waals surface area contributed by atoms with Gasteiger partial charge in [0.05, 0.1) is 13.2 Å². The van der Waals surface area contributed by atoms with Gasteiger partial charge in [-0.2, -0.15) is 0 Å². The van der Waals surface area contributed by atoms with Crippen molar-refractivity contribution in [2.24, 2.45) is 0 Å². The molecule has 0 unspecified atom stereocenters. The third kappa shape index (κ3) is 3.64. The molecule has 0 aliphatic carbocycles. The van der Waals surface area contributed by atoms with Gasteiger partial charge in [0.25, 0.3) is 0 Å². The van der Waals surface area contributed by atoms with Crippen LogP contribution in [0.15, 0.2) is 91.0 Å². The second kappa shape index (κ2) is 8.08. The predicted octanol–water partition coefficient (Wildman–Crippen LogP) is 3.35. The molecule has 0 aliphatic heterocycles. The van der Waals surface area contributed by atoms with Crippen molar-refractivity contribution in [1.82, 2.24) is 0 Å². The van der Waals surface area contributed by atoms with Crippen LogP contribution in [0.4, 0.5) is 0 Å². The lowest BCUT2D eigenvalue weighted by molar-refractivity contribution is -0.0524. The first-order valence-corrected chi connectivity index (χ1v) is 8.37. The third-order valence-corrected chi connectivity index (χ3v) is 4.24. The first-order chi connectivity index (χ1) is 12.3. The zero-order chi connectivity index (χ0) is 17.5. The quantitative estimate of drug-likeness (QED) is 0.652. The van der Waals surface area contributed by atoms with Crippen molar-refractivity contribution >= 4 is 0 Å². The van der Waals surface area contributed by atoms with Gasteiger partial charge in [-0.1, -0.05) is 91.0 Å². The maximum atomic E-state index is 9.89. The predicted molar refractivity (Wildman–Crippen MR) is 98.3 cm³/mol. The van der Waals surface area contributed by atoms with Gasteiger partial charge in [-0.3, -0.25) is 0 Å². The second-order valence-electron chi connectivity index (χ2n) is 5.93. The molecule has 0 spiro atoms. The Bertz CT molecular complexity index is 660. The van der Waals surface area contributed by atoms with Crippen LogP contribution in [0.1, 0.15) is 16.7 Å². The Hall–Kier alpha value is -2.46. The normalized spacial score (nSPS) is 12.7. The fraction of sp³-hybridized carbons (Fsp3) is 0.182. The van der Waals surface area contributed by atoms with E-state index in [0.717, 1.165) is 16.7 Å². The SMILES string of the molecule is OC[C@@H](O)COC(c1ccccc1)(c1ccccc1)c1ccccc1. The first-order valence-electron chi connectivity index (χ1n) is 8.37. The lowest BCUT2D eigenvalue weighted by Gasteiger charge is -2.36. The summed E-state index contributed by atoms with van der Waals surface area (Å²) in [6.45, 7) is -0.316. The molecule has 3 nitrogen and oxygen atoms in total. The molecule has 25 heavy (non-hydrogen) atoms. The van der Waals surface area contributed by atoms with Gasteiger partial charge in [-0.25, -0.2) is 0 Å². The van der Waals surface area contributed by atoms with Gasteiger partial charge in [-0.05, 0) is 16.7 Å². The van der Waals surface area contributed by atoms with Crippen LogP contribution < -0.4 is 0 Å². The molecule has 0 fully saturated rings. The topological polar surface area (TPSA) is 49.7 Å². The number of ether oxygens (including phenoxy) is 1. The highest BCUT2D eigenvalue weighted by Gasteiger charge is 2.37. The average molecular weight is 334 g/mol. The van der Waals surface area contributed by atoms with Crippen molar-refractivity contribution in [2.45, 2.75) is 11.7 Å². The number of rotatable bonds is 7. The Morgan fingerprint density at radius 3 is 1.36 bits per heavy atom. The zero-order valence-corrected chi connectivity index (χ0v) is 14.0. The minimum absolute atomic E-state index is 0.0230. The molecular formula is C22H22O3. The molecule has 0 heterocycles. The lowest BCUT2D eigenvalue weighted by Crippen LogP contribution is -2.36. The van der Waals surface area contributed by atoms with Crippen LogP contribution in [0.5, 0.6) is 0 Å². The van der Waals surface area contributed by atoms with Crippen LogP contribution in [-0.4, -0.2) is 29.5 Å². The van der Waals surface area contributed by atoms with Gasteiger partial charge in [0, 0.05) is 0 Å². The van der Waals surface area contributed by atoms with E-state index in [-0.39, 0.29) is 13.2 Å². The van der Waals surface area contributed by atoms with Crippen molar-refractivity contribution in [2.75, 3.05) is 13.2 Å². The number of aliphatic hydroxyl groups excluding tert-OH is 2. The van der Waals surface area contributed by atoms with Crippen LogP contribution in [-0.2, 0) is 10.3 Å². The average Bonchev–Trinajstić information content (AvgIpc) is 2.71. The van der Waals surface area contributed by atoms with Crippen LogP contribution in [0.25, 0.3) is 0 Å². The molecule has 3 aromatic carbocycles. The molecule has 0 aliphatic rings. The van der Waals surface area contributed by atoms with Crippen molar-refractivity contribution in [3.63, 3.8) is 0 Å². The largest absolute Gasteiger partial charge is 0.394 e. The summed E-state index contributed by atoms with van der Waals surface area (Å²) in [5.41, 5.74) is 2.05. The summed E-state index contributed by atoms with van der Waals surface area (Å²) >= 11 is 0. The Morgan fingerprint density at radius 1 is 0.680 bits per heavy atom. The molecule has 3 aromatic rings. The van der Waals surface area contributed by atoms with Gasteiger partial charge in [0.2, 0.25) is 0 Å². The summed E-state index contributed by atoms with van der Waals surface area (Å²) in [6, 6.07) is 29.9. The van der Waals surface area contributed by atoms with Crippen molar-refractivity contribution < 1.29 is 14.9 Å². The monoisotopic (exact) mass is 334 g/mol. The van der Waals surface area contributed by atoms with E-state index < -0.39 is 11.7 Å². The summed E-state index contributed by atoms with van der Waals surface area (Å²) in [5.74, 6) is 0. The number of benzene rings is 3. The Labute approximate surface area is 148 Å². The fourth-order valence-corrected chi connectivity index (χ4v) is 3.04. The summed E-state index contributed by atoms with van der Waals surface area (Å²) < 4.78 is 6.33. The molecule has 1 atom stereocenters. The third-order valence-electron chi connectivity index (χ3n) is 4.24. The molecule has 0 aromatic heterocycles. The highest BCUT2D eigenvalue weighted by molar-refractivity contribution is 5.47. The van der Waals surface area contributed by atoms with Gasteiger partial charge < -0.3 is 14.9 Å². The van der Waals surface area contributed by atoms with Crippen LogP contribution in [0.2, 0.25) is 0 Å². The maximum absolute atomic E-state index is 9.89. The van der Waals surface area contributed by atoms with Gasteiger partial charge in [0.1, 0.15) is 11.7 Å². The summed E-state index contributed by atoms with van der Waals surface area (Å²) in [6.07, 6.45) is -0.935. The van der Waals surface area contributed by atoms with Gasteiger partial charge >= 0.3 is 0 Å². The molecule has 3 rings (SSSR count). The van der Waals surface area contributed by atoms with E-state index in [2.05, 4.69) is 0 Å². The molecule has 128 valence electrons. The van der Waals surface area contributed by atoms with Crippen LogP contribution >= 0.6 is 0 Å². The van der Waals surface area contributed by atoms with E-state index in [1.54, 1.807) is 0 Å². The fourth-order valence-electron chi connectivity index (χ4n) is 3.04. The highest BCUT2D eigenvalue weighted by Crippen LogP contribution is 2.40. The summed E-state index contributed by atoms with van der Waals surface area (Å²) in [7, 11) is 0. The smallest absolute Gasteiger partial charge is 0.143 e. The first kappa shape index (κ1) is 17.4. The van der Waals surface area contributed by atoms with E-state index >= 15 is 0 Å². The lowest BCUT2D eigenvalue weighted by atomic mass is 9.80. The van der Waals surface area contributed by atoms with Crippen LogP contribution in [0.3, 0.4) is 0 Å². The van der Waals surface area contributed by atoms with E-state index in [1.807, 2.05) is 91.0 Å². The molecule has 0 bridgehead atoms. The molecule has 3 heteroatoms. The summed E-state index contributed by atoms with van der Waals surface area (Å²) in [5, 5.41) is 19.1.